The molecule has 4 rings (SSSR count). The molecule has 0 radical (unpaired) electrons. The zero-order valence-corrected chi connectivity index (χ0v) is 29.8. The minimum Gasteiger partial charge on any atom is -0.381 e. The standard InChI is InChI=1S/C37H46N4O5S2/c1-24-15-17-28(18-16-24)21-47-22-31(39-26(3)42)34(44)40-30(19-27-12-7-6-8-13-27)32(43)36(46)41-23-48-37(4,5)33(41)35(45)38-20-29-14-10-9-11-25(29)2/h6-18,30-33,43H,19-23H2,1-5H3,(H,38,45)(H,39,42)(H,40,44)/t30-,31+,32-,33+/m0/s1. The highest BCUT2D eigenvalue weighted by Crippen LogP contribution is 2.40. The number of nitrogens with zero attached hydrogens (tertiary/aromatic N) is 1. The number of aliphatic hydroxyl groups excluding tert-OH is 1. The average molecular weight is 691 g/mol. The molecule has 0 bridgehead atoms. The van der Waals surface area contributed by atoms with Crippen LogP contribution in [0.1, 0.15) is 48.6 Å². The molecular formula is C37H46N4O5S2. The van der Waals surface area contributed by atoms with Crippen LogP contribution in [0.3, 0.4) is 0 Å². The van der Waals surface area contributed by atoms with Crippen LogP contribution in [0.2, 0.25) is 0 Å². The number of aryl methyl sites for hydroxylation is 2. The predicted molar refractivity (Wildman–Crippen MR) is 193 cm³/mol. The van der Waals surface area contributed by atoms with Gasteiger partial charge in [0.25, 0.3) is 5.91 Å². The maximum Gasteiger partial charge on any atom is 0.254 e. The van der Waals surface area contributed by atoms with E-state index in [0.29, 0.717) is 18.1 Å². The molecule has 4 atom stereocenters. The lowest BCUT2D eigenvalue weighted by Crippen LogP contribution is -2.60. The molecule has 11 heteroatoms. The molecule has 256 valence electrons. The van der Waals surface area contributed by atoms with Crippen LogP contribution in [0.4, 0.5) is 0 Å². The van der Waals surface area contributed by atoms with E-state index in [9.17, 15) is 24.3 Å². The van der Waals surface area contributed by atoms with Crippen LogP contribution in [0, 0.1) is 13.8 Å². The number of hydrogen-bond donors (Lipinski definition) is 4. The van der Waals surface area contributed by atoms with Gasteiger partial charge in [-0.25, -0.2) is 0 Å². The molecule has 9 nitrogen and oxygen atoms in total. The van der Waals surface area contributed by atoms with Crippen molar-refractivity contribution in [2.45, 2.75) is 82.3 Å². The Morgan fingerprint density at radius 2 is 1.60 bits per heavy atom. The quantitative estimate of drug-likeness (QED) is 0.201. The third kappa shape index (κ3) is 10.1. The summed E-state index contributed by atoms with van der Waals surface area (Å²) in [4.78, 5) is 54.9. The first-order valence-electron chi connectivity index (χ1n) is 16.0. The van der Waals surface area contributed by atoms with Gasteiger partial charge in [0, 0.05) is 29.7 Å². The van der Waals surface area contributed by atoms with Crippen molar-refractivity contribution in [1.29, 1.82) is 0 Å². The monoisotopic (exact) mass is 690 g/mol. The largest absolute Gasteiger partial charge is 0.381 e. The van der Waals surface area contributed by atoms with Gasteiger partial charge >= 0.3 is 0 Å². The van der Waals surface area contributed by atoms with Crippen molar-refractivity contribution in [1.82, 2.24) is 20.9 Å². The van der Waals surface area contributed by atoms with Gasteiger partial charge in [0.1, 0.15) is 12.1 Å². The number of carbonyl (C=O) groups is 4. The van der Waals surface area contributed by atoms with Gasteiger partial charge in [0.05, 0.1) is 11.9 Å². The number of hydrogen-bond acceptors (Lipinski definition) is 7. The molecule has 0 saturated carbocycles. The van der Waals surface area contributed by atoms with Gasteiger partial charge in [-0.15, -0.1) is 11.8 Å². The summed E-state index contributed by atoms with van der Waals surface area (Å²) < 4.78 is -0.617. The lowest BCUT2D eigenvalue weighted by molar-refractivity contribution is -0.148. The Bertz CT molecular complexity index is 1570. The molecule has 0 unspecified atom stereocenters. The minimum absolute atomic E-state index is 0.164. The van der Waals surface area contributed by atoms with Crippen molar-refractivity contribution in [2.75, 3.05) is 11.6 Å². The zero-order chi connectivity index (χ0) is 34.8. The molecule has 1 aliphatic rings. The molecular weight excluding hydrogens is 645 g/mol. The van der Waals surface area contributed by atoms with Crippen LogP contribution in [-0.2, 0) is 37.9 Å². The van der Waals surface area contributed by atoms with E-state index in [2.05, 4.69) is 16.0 Å². The van der Waals surface area contributed by atoms with Gasteiger partial charge in [-0.05, 0) is 56.4 Å². The van der Waals surface area contributed by atoms with Crippen molar-refractivity contribution in [3.05, 3.63) is 107 Å². The van der Waals surface area contributed by atoms with Crippen LogP contribution in [-0.4, -0.2) is 74.2 Å². The van der Waals surface area contributed by atoms with E-state index in [0.717, 1.165) is 27.8 Å². The van der Waals surface area contributed by atoms with Crippen LogP contribution in [0.5, 0.6) is 0 Å². The van der Waals surface area contributed by atoms with Gasteiger partial charge in [0.2, 0.25) is 17.7 Å². The van der Waals surface area contributed by atoms with Crippen LogP contribution < -0.4 is 16.0 Å². The molecule has 4 amide bonds. The maximum atomic E-state index is 14.0. The summed E-state index contributed by atoms with van der Waals surface area (Å²) in [5.41, 5.74) is 5.08. The summed E-state index contributed by atoms with van der Waals surface area (Å²) in [6.07, 6.45) is -1.48. The second-order valence-corrected chi connectivity index (χ2v) is 15.4. The van der Waals surface area contributed by atoms with Gasteiger partial charge in [0.15, 0.2) is 6.10 Å². The molecule has 48 heavy (non-hydrogen) atoms. The number of benzene rings is 3. The summed E-state index contributed by atoms with van der Waals surface area (Å²) in [7, 11) is 0. The number of aliphatic hydroxyl groups is 1. The zero-order valence-electron chi connectivity index (χ0n) is 28.2. The minimum atomic E-state index is -1.64. The molecule has 4 N–H and O–H groups in total. The molecule has 3 aromatic rings. The number of carbonyl (C=O) groups excluding carboxylic acids is 4. The van der Waals surface area contributed by atoms with Crippen molar-refractivity contribution in [3.63, 3.8) is 0 Å². The lowest BCUT2D eigenvalue weighted by atomic mass is 9.97. The molecule has 0 aromatic heterocycles. The van der Waals surface area contributed by atoms with Gasteiger partial charge < -0.3 is 26.0 Å². The number of thioether (sulfide) groups is 2. The lowest BCUT2D eigenvalue weighted by Gasteiger charge is -2.33. The number of nitrogens with one attached hydrogen (secondary N) is 3. The Morgan fingerprint density at radius 3 is 2.27 bits per heavy atom. The second-order valence-electron chi connectivity index (χ2n) is 12.7. The van der Waals surface area contributed by atoms with E-state index in [1.807, 2.05) is 107 Å². The highest BCUT2D eigenvalue weighted by Gasteiger charge is 2.49. The Labute approximate surface area is 292 Å². The van der Waals surface area contributed by atoms with E-state index in [1.54, 1.807) is 0 Å². The molecule has 3 aromatic carbocycles. The fourth-order valence-corrected chi connectivity index (χ4v) is 7.80. The first-order chi connectivity index (χ1) is 22.9. The predicted octanol–water partition coefficient (Wildman–Crippen LogP) is 4.13. The Balaban J connectivity index is 1.50. The summed E-state index contributed by atoms with van der Waals surface area (Å²) in [5, 5.41) is 20.2. The Morgan fingerprint density at radius 1 is 0.938 bits per heavy atom. The van der Waals surface area contributed by atoms with E-state index in [1.165, 1.54) is 35.3 Å². The Hall–Kier alpha value is -3.80. The van der Waals surface area contributed by atoms with Gasteiger partial charge in [-0.1, -0.05) is 84.4 Å². The SMILES string of the molecule is CC(=O)N[C@H](CSCc1ccc(C)cc1)C(=O)N[C@@H](Cc1ccccc1)[C@H](O)C(=O)N1CSC(C)(C)[C@H]1C(=O)NCc1ccccc1C. The average Bonchev–Trinajstić information content (AvgIpc) is 3.38. The summed E-state index contributed by atoms with van der Waals surface area (Å²) in [6, 6.07) is 22.4. The molecule has 0 aliphatic carbocycles. The topological polar surface area (TPSA) is 128 Å². The van der Waals surface area contributed by atoms with Crippen molar-refractivity contribution >= 4 is 47.2 Å². The van der Waals surface area contributed by atoms with E-state index in [-0.39, 0.29) is 24.1 Å². The van der Waals surface area contributed by atoms with Crippen molar-refractivity contribution in [2.24, 2.45) is 0 Å². The second kappa shape index (κ2) is 17.0. The van der Waals surface area contributed by atoms with Gasteiger partial charge in [-0.2, -0.15) is 11.8 Å². The van der Waals surface area contributed by atoms with Crippen LogP contribution in [0.25, 0.3) is 0 Å². The first-order valence-corrected chi connectivity index (χ1v) is 18.2. The maximum absolute atomic E-state index is 14.0. The molecule has 1 aliphatic heterocycles. The van der Waals surface area contributed by atoms with E-state index >= 15 is 0 Å². The van der Waals surface area contributed by atoms with E-state index < -0.39 is 40.8 Å². The van der Waals surface area contributed by atoms with Gasteiger partial charge in [-0.3, -0.25) is 19.2 Å². The number of rotatable bonds is 14. The fourth-order valence-electron chi connectivity index (χ4n) is 5.64. The highest BCUT2D eigenvalue weighted by molar-refractivity contribution is 8.00. The third-order valence-electron chi connectivity index (χ3n) is 8.42. The summed E-state index contributed by atoms with van der Waals surface area (Å²) in [5.74, 6) is -0.670. The highest BCUT2D eigenvalue weighted by atomic mass is 32.2. The third-order valence-corrected chi connectivity index (χ3v) is 10.9. The first kappa shape index (κ1) is 37.0. The molecule has 1 saturated heterocycles. The van der Waals surface area contributed by atoms with Crippen molar-refractivity contribution in [3.8, 4) is 0 Å². The smallest absolute Gasteiger partial charge is 0.254 e. The summed E-state index contributed by atoms with van der Waals surface area (Å²) in [6.45, 7) is 9.47. The normalized spacial score (nSPS) is 17.2. The van der Waals surface area contributed by atoms with Crippen LogP contribution >= 0.6 is 23.5 Å². The molecule has 0 spiro atoms. The summed E-state index contributed by atoms with van der Waals surface area (Å²) >= 11 is 2.96. The molecule has 1 heterocycles. The van der Waals surface area contributed by atoms with Crippen LogP contribution in [0.15, 0.2) is 78.9 Å². The van der Waals surface area contributed by atoms with Crippen molar-refractivity contribution < 1.29 is 24.3 Å². The van der Waals surface area contributed by atoms with E-state index in [4.69, 9.17) is 0 Å². The Kier molecular flexibility index (Phi) is 13.1. The fraction of sp³-hybridized carbons (Fsp3) is 0.405. The molecule has 1 fully saturated rings. The number of amides is 4.